The molecule has 0 saturated carbocycles. The molecule has 2 aromatic carbocycles. The van der Waals surface area contributed by atoms with Gasteiger partial charge < -0.3 is 10.1 Å². The van der Waals surface area contributed by atoms with Crippen LogP contribution in [-0.2, 0) is 16.0 Å². The SMILES string of the molecule is CC(=O)[C@H](Cc1ccccc1)NC(=O)CN(C)CCOc1ccc(Cl)cc1. The van der Waals surface area contributed by atoms with E-state index in [-0.39, 0.29) is 18.2 Å². The summed E-state index contributed by atoms with van der Waals surface area (Å²) in [6, 6.07) is 16.3. The van der Waals surface area contributed by atoms with Gasteiger partial charge in [-0.25, -0.2) is 0 Å². The lowest BCUT2D eigenvalue weighted by Crippen LogP contribution is -2.45. The average Bonchev–Trinajstić information content (AvgIpc) is 2.63. The van der Waals surface area contributed by atoms with Crippen LogP contribution >= 0.6 is 11.6 Å². The topological polar surface area (TPSA) is 58.6 Å². The summed E-state index contributed by atoms with van der Waals surface area (Å²) in [7, 11) is 1.84. The van der Waals surface area contributed by atoms with Crippen molar-refractivity contribution in [1.82, 2.24) is 10.2 Å². The molecule has 0 aromatic heterocycles. The van der Waals surface area contributed by atoms with Crippen molar-refractivity contribution in [3.8, 4) is 5.75 Å². The number of hydrogen-bond acceptors (Lipinski definition) is 4. The van der Waals surface area contributed by atoms with Gasteiger partial charge in [0.25, 0.3) is 0 Å². The van der Waals surface area contributed by atoms with Gasteiger partial charge in [-0.2, -0.15) is 0 Å². The molecule has 0 aliphatic rings. The van der Waals surface area contributed by atoms with E-state index in [4.69, 9.17) is 16.3 Å². The zero-order valence-electron chi connectivity index (χ0n) is 15.7. The summed E-state index contributed by atoms with van der Waals surface area (Å²) in [5.74, 6) is 0.498. The highest BCUT2D eigenvalue weighted by Gasteiger charge is 2.18. The van der Waals surface area contributed by atoms with Crippen molar-refractivity contribution in [2.24, 2.45) is 0 Å². The minimum Gasteiger partial charge on any atom is -0.492 e. The third-order valence-corrected chi connectivity index (χ3v) is 4.33. The number of likely N-dealkylation sites (N-methyl/N-ethyl adjacent to an activating group) is 1. The van der Waals surface area contributed by atoms with Crippen LogP contribution in [-0.4, -0.2) is 49.4 Å². The van der Waals surface area contributed by atoms with E-state index in [1.807, 2.05) is 42.3 Å². The van der Waals surface area contributed by atoms with Crippen LogP contribution < -0.4 is 10.1 Å². The second kappa shape index (κ2) is 10.7. The standard InChI is InChI=1S/C21H25ClN2O3/c1-16(25)20(14-17-6-4-3-5-7-17)23-21(26)15-24(2)12-13-27-19-10-8-18(22)9-11-19/h3-11,20H,12-15H2,1-2H3,(H,23,26)/t20-/m0/s1. The highest BCUT2D eigenvalue weighted by molar-refractivity contribution is 6.30. The number of rotatable bonds is 10. The van der Waals surface area contributed by atoms with Crippen molar-refractivity contribution in [1.29, 1.82) is 0 Å². The maximum atomic E-state index is 12.3. The number of hydrogen-bond donors (Lipinski definition) is 1. The lowest BCUT2D eigenvalue weighted by Gasteiger charge is -2.20. The van der Waals surface area contributed by atoms with Crippen molar-refractivity contribution in [2.45, 2.75) is 19.4 Å². The number of benzene rings is 2. The van der Waals surface area contributed by atoms with E-state index in [1.54, 1.807) is 24.3 Å². The normalized spacial score (nSPS) is 11.9. The quantitative estimate of drug-likeness (QED) is 0.679. The molecule has 1 amide bonds. The zero-order chi connectivity index (χ0) is 19.6. The van der Waals surface area contributed by atoms with Crippen LogP contribution in [0.1, 0.15) is 12.5 Å². The van der Waals surface area contributed by atoms with Gasteiger partial charge in [0.05, 0.1) is 12.6 Å². The van der Waals surface area contributed by atoms with Crippen molar-refractivity contribution in [3.05, 3.63) is 65.2 Å². The lowest BCUT2D eigenvalue weighted by atomic mass is 10.0. The molecule has 0 aliphatic heterocycles. The average molecular weight is 389 g/mol. The largest absolute Gasteiger partial charge is 0.492 e. The molecular formula is C21H25ClN2O3. The zero-order valence-corrected chi connectivity index (χ0v) is 16.4. The molecule has 0 bridgehead atoms. The Hall–Kier alpha value is -2.37. The van der Waals surface area contributed by atoms with Gasteiger partial charge >= 0.3 is 0 Å². The summed E-state index contributed by atoms with van der Waals surface area (Å²) < 4.78 is 5.63. The van der Waals surface area contributed by atoms with Gasteiger partial charge in [-0.05, 0) is 50.2 Å². The van der Waals surface area contributed by atoms with Crippen molar-refractivity contribution < 1.29 is 14.3 Å². The van der Waals surface area contributed by atoms with Crippen LogP contribution in [0.15, 0.2) is 54.6 Å². The Morgan fingerprint density at radius 2 is 1.78 bits per heavy atom. The van der Waals surface area contributed by atoms with Gasteiger partial charge in [-0.1, -0.05) is 41.9 Å². The van der Waals surface area contributed by atoms with Crippen molar-refractivity contribution >= 4 is 23.3 Å². The summed E-state index contributed by atoms with van der Waals surface area (Å²) in [5, 5.41) is 3.48. The molecule has 1 atom stereocenters. The number of ether oxygens (including phenoxy) is 1. The summed E-state index contributed by atoms with van der Waals surface area (Å²) in [6.45, 7) is 2.73. The van der Waals surface area contributed by atoms with E-state index in [1.165, 1.54) is 6.92 Å². The fraction of sp³-hybridized carbons (Fsp3) is 0.333. The molecule has 1 N–H and O–H groups in total. The van der Waals surface area contributed by atoms with Crippen LogP contribution in [0.2, 0.25) is 5.02 Å². The highest BCUT2D eigenvalue weighted by Crippen LogP contribution is 2.15. The molecule has 0 heterocycles. The molecule has 0 radical (unpaired) electrons. The number of halogens is 1. The fourth-order valence-electron chi connectivity index (χ4n) is 2.56. The minimum absolute atomic E-state index is 0.0547. The Kier molecular flexibility index (Phi) is 8.30. The predicted octanol–water partition coefficient (Wildman–Crippen LogP) is 2.97. The Morgan fingerprint density at radius 1 is 1.11 bits per heavy atom. The Bertz CT molecular complexity index is 735. The molecule has 0 spiro atoms. The minimum atomic E-state index is -0.515. The van der Waals surface area contributed by atoms with Crippen LogP contribution in [0, 0.1) is 0 Å². The fourth-order valence-corrected chi connectivity index (χ4v) is 2.69. The molecule has 2 rings (SSSR count). The second-order valence-corrected chi connectivity index (χ2v) is 6.90. The number of Topliss-reactive ketones (excluding diaryl/α,β-unsaturated/α-hetero) is 1. The maximum absolute atomic E-state index is 12.3. The van der Waals surface area contributed by atoms with Gasteiger partial charge in [0.15, 0.2) is 5.78 Å². The van der Waals surface area contributed by atoms with Gasteiger partial charge in [0.1, 0.15) is 12.4 Å². The van der Waals surface area contributed by atoms with E-state index >= 15 is 0 Å². The first-order valence-corrected chi connectivity index (χ1v) is 9.22. The highest BCUT2D eigenvalue weighted by atomic mass is 35.5. The molecule has 2 aromatic rings. The molecule has 0 fully saturated rings. The third kappa shape index (κ3) is 7.81. The second-order valence-electron chi connectivity index (χ2n) is 6.46. The third-order valence-electron chi connectivity index (χ3n) is 4.08. The lowest BCUT2D eigenvalue weighted by molar-refractivity contribution is -0.127. The predicted molar refractivity (Wildman–Crippen MR) is 107 cm³/mol. The Labute approximate surface area is 165 Å². The van der Waals surface area contributed by atoms with Gasteiger partial charge in [0.2, 0.25) is 5.91 Å². The first-order valence-electron chi connectivity index (χ1n) is 8.84. The summed E-state index contributed by atoms with van der Waals surface area (Å²) in [5.41, 5.74) is 1.02. The Balaban J connectivity index is 1.75. The first-order chi connectivity index (χ1) is 12.9. The van der Waals surface area contributed by atoms with Gasteiger partial charge in [-0.3, -0.25) is 14.5 Å². The molecule has 0 unspecified atom stereocenters. The number of nitrogens with one attached hydrogen (secondary N) is 1. The van der Waals surface area contributed by atoms with E-state index in [0.29, 0.717) is 24.6 Å². The van der Waals surface area contributed by atoms with E-state index in [9.17, 15) is 9.59 Å². The summed E-state index contributed by atoms with van der Waals surface area (Å²) >= 11 is 5.84. The molecule has 5 nitrogen and oxygen atoms in total. The van der Waals surface area contributed by atoms with Crippen LogP contribution in [0.3, 0.4) is 0 Å². The molecule has 144 valence electrons. The van der Waals surface area contributed by atoms with Crippen LogP contribution in [0.5, 0.6) is 5.75 Å². The van der Waals surface area contributed by atoms with Gasteiger partial charge in [-0.15, -0.1) is 0 Å². The number of ketones is 1. The van der Waals surface area contributed by atoms with E-state index < -0.39 is 6.04 Å². The summed E-state index contributed by atoms with van der Waals surface area (Å²) in [4.78, 5) is 26.0. The molecule has 27 heavy (non-hydrogen) atoms. The summed E-state index contributed by atoms with van der Waals surface area (Å²) in [6.07, 6.45) is 0.491. The molecule has 0 aliphatic carbocycles. The molecule has 0 saturated heterocycles. The number of nitrogens with zero attached hydrogens (tertiary/aromatic N) is 1. The number of carbonyl (C=O) groups excluding carboxylic acids is 2. The van der Waals surface area contributed by atoms with Gasteiger partial charge in [0, 0.05) is 11.6 Å². The smallest absolute Gasteiger partial charge is 0.234 e. The van der Waals surface area contributed by atoms with Crippen LogP contribution in [0.4, 0.5) is 0 Å². The van der Waals surface area contributed by atoms with Crippen molar-refractivity contribution in [2.75, 3.05) is 26.7 Å². The van der Waals surface area contributed by atoms with E-state index in [2.05, 4.69) is 5.32 Å². The number of carbonyl (C=O) groups is 2. The van der Waals surface area contributed by atoms with Crippen molar-refractivity contribution in [3.63, 3.8) is 0 Å². The number of amides is 1. The first kappa shape index (κ1) is 20.9. The Morgan fingerprint density at radius 3 is 2.41 bits per heavy atom. The van der Waals surface area contributed by atoms with Crippen LogP contribution in [0.25, 0.3) is 0 Å². The van der Waals surface area contributed by atoms with E-state index in [0.717, 1.165) is 11.3 Å². The molecule has 6 heteroatoms. The molecular weight excluding hydrogens is 364 g/mol. The monoisotopic (exact) mass is 388 g/mol. The maximum Gasteiger partial charge on any atom is 0.234 e.